The van der Waals surface area contributed by atoms with E-state index < -0.39 is 0 Å². The van der Waals surface area contributed by atoms with E-state index in [0.717, 1.165) is 32.2 Å². The minimum atomic E-state index is -0.346. The molecule has 1 fully saturated rings. The number of anilines is 1. The maximum atomic E-state index is 14.0. The molecule has 2 heterocycles. The van der Waals surface area contributed by atoms with Crippen molar-refractivity contribution in [3.8, 4) is 0 Å². The molecule has 3 rings (SSSR count). The number of hydrogen-bond donors (Lipinski definition) is 1. The lowest BCUT2D eigenvalue weighted by molar-refractivity contribution is -0.125. The molecule has 2 aromatic rings. The van der Waals surface area contributed by atoms with Crippen molar-refractivity contribution < 1.29 is 9.18 Å². The third kappa shape index (κ3) is 3.89. The molecule has 1 aliphatic rings. The van der Waals surface area contributed by atoms with E-state index in [9.17, 15) is 9.18 Å². The van der Waals surface area contributed by atoms with Crippen LogP contribution in [0, 0.1) is 11.7 Å². The fraction of sp³-hybridized carbons (Fsp3) is 0.526. The Balaban J connectivity index is 1.78. The van der Waals surface area contributed by atoms with Crippen LogP contribution in [0.3, 0.4) is 0 Å². The fourth-order valence-corrected chi connectivity index (χ4v) is 3.54. The lowest BCUT2D eigenvalue weighted by atomic mass is 9.96. The van der Waals surface area contributed by atoms with Gasteiger partial charge in [0.1, 0.15) is 23.5 Å². The minimum Gasteiger partial charge on any atom is -0.355 e. The highest BCUT2D eigenvalue weighted by Crippen LogP contribution is 2.28. The van der Waals surface area contributed by atoms with Crippen molar-refractivity contribution in [2.45, 2.75) is 45.6 Å². The second-order valence-electron chi connectivity index (χ2n) is 6.82. The van der Waals surface area contributed by atoms with E-state index in [2.05, 4.69) is 27.1 Å². The first-order chi connectivity index (χ1) is 12.1. The monoisotopic (exact) mass is 344 g/mol. The SMILES string of the molecule is CCCC(C)NC(=O)C1CCCN(c2ncnc3c(F)cccc23)C1. The Morgan fingerprint density at radius 1 is 1.44 bits per heavy atom. The zero-order chi connectivity index (χ0) is 17.8. The Hall–Kier alpha value is -2.24. The molecule has 0 bridgehead atoms. The molecule has 1 saturated heterocycles. The lowest BCUT2D eigenvalue weighted by Crippen LogP contribution is -2.45. The van der Waals surface area contributed by atoms with Gasteiger partial charge in [0.2, 0.25) is 5.91 Å². The summed E-state index contributed by atoms with van der Waals surface area (Å²) in [6.07, 6.45) is 5.22. The van der Waals surface area contributed by atoms with Gasteiger partial charge in [-0.15, -0.1) is 0 Å². The zero-order valence-corrected chi connectivity index (χ0v) is 14.8. The predicted molar refractivity (Wildman–Crippen MR) is 96.9 cm³/mol. The molecule has 5 nitrogen and oxygen atoms in total. The summed E-state index contributed by atoms with van der Waals surface area (Å²) in [4.78, 5) is 23.1. The van der Waals surface area contributed by atoms with Crippen LogP contribution >= 0.6 is 0 Å². The molecule has 0 spiro atoms. The molecule has 0 radical (unpaired) electrons. The first kappa shape index (κ1) is 17.6. The second-order valence-corrected chi connectivity index (χ2v) is 6.82. The summed E-state index contributed by atoms with van der Waals surface area (Å²) in [5.74, 6) is 0.409. The third-order valence-electron chi connectivity index (χ3n) is 4.80. The van der Waals surface area contributed by atoms with Crippen LogP contribution in [0.4, 0.5) is 10.2 Å². The molecule has 1 aromatic carbocycles. The van der Waals surface area contributed by atoms with Crippen molar-refractivity contribution in [3.63, 3.8) is 0 Å². The Bertz CT molecular complexity index is 751. The van der Waals surface area contributed by atoms with Crippen LogP contribution in [0.25, 0.3) is 10.9 Å². The van der Waals surface area contributed by atoms with Gasteiger partial charge in [0, 0.05) is 24.5 Å². The number of hydrogen-bond acceptors (Lipinski definition) is 4. The van der Waals surface area contributed by atoms with Crippen LogP contribution in [0.1, 0.15) is 39.5 Å². The quantitative estimate of drug-likeness (QED) is 0.904. The molecular formula is C19H25FN4O. The number of benzene rings is 1. The molecule has 1 N–H and O–H groups in total. The average Bonchev–Trinajstić information content (AvgIpc) is 2.62. The van der Waals surface area contributed by atoms with Crippen LogP contribution in [0.2, 0.25) is 0 Å². The predicted octanol–water partition coefficient (Wildman–Crippen LogP) is 3.29. The van der Waals surface area contributed by atoms with Gasteiger partial charge in [-0.2, -0.15) is 0 Å². The van der Waals surface area contributed by atoms with Crippen LogP contribution in [-0.4, -0.2) is 35.0 Å². The van der Waals surface area contributed by atoms with Crippen LogP contribution in [0.15, 0.2) is 24.5 Å². The molecule has 134 valence electrons. The Kier molecular flexibility index (Phi) is 5.46. The number of carbonyl (C=O) groups is 1. The summed E-state index contributed by atoms with van der Waals surface area (Å²) in [5.41, 5.74) is 0.329. The molecule has 25 heavy (non-hydrogen) atoms. The first-order valence-electron chi connectivity index (χ1n) is 9.04. The summed E-state index contributed by atoms with van der Waals surface area (Å²) in [6, 6.07) is 5.11. The van der Waals surface area contributed by atoms with Gasteiger partial charge in [0.15, 0.2) is 0 Å². The van der Waals surface area contributed by atoms with Crippen molar-refractivity contribution in [3.05, 3.63) is 30.3 Å². The van der Waals surface area contributed by atoms with Gasteiger partial charge in [-0.25, -0.2) is 14.4 Å². The van der Waals surface area contributed by atoms with Crippen molar-refractivity contribution >= 4 is 22.6 Å². The number of carbonyl (C=O) groups excluding carboxylic acids is 1. The fourth-order valence-electron chi connectivity index (χ4n) is 3.54. The van der Waals surface area contributed by atoms with Gasteiger partial charge < -0.3 is 10.2 Å². The van der Waals surface area contributed by atoms with Crippen LogP contribution in [0.5, 0.6) is 0 Å². The summed E-state index contributed by atoms with van der Waals surface area (Å²) in [6.45, 7) is 5.58. The topological polar surface area (TPSA) is 58.1 Å². The highest BCUT2D eigenvalue weighted by molar-refractivity contribution is 5.90. The number of piperidine rings is 1. The van der Waals surface area contributed by atoms with Crippen molar-refractivity contribution in [1.82, 2.24) is 15.3 Å². The van der Waals surface area contributed by atoms with Gasteiger partial charge >= 0.3 is 0 Å². The van der Waals surface area contributed by atoms with E-state index in [4.69, 9.17) is 0 Å². The van der Waals surface area contributed by atoms with E-state index in [1.807, 2.05) is 13.0 Å². The highest BCUT2D eigenvalue weighted by atomic mass is 19.1. The van der Waals surface area contributed by atoms with Gasteiger partial charge in [-0.1, -0.05) is 19.4 Å². The molecule has 1 aromatic heterocycles. The normalized spacial score (nSPS) is 19.0. The number of rotatable bonds is 5. The zero-order valence-electron chi connectivity index (χ0n) is 14.8. The molecule has 6 heteroatoms. The number of para-hydroxylation sites is 1. The molecule has 1 aliphatic heterocycles. The molecule has 0 aliphatic carbocycles. The van der Waals surface area contributed by atoms with Crippen molar-refractivity contribution in [2.24, 2.45) is 5.92 Å². The van der Waals surface area contributed by atoms with Crippen molar-refractivity contribution in [2.75, 3.05) is 18.0 Å². The van der Waals surface area contributed by atoms with E-state index in [-0.39, 0.29) is 23.7 Å². The standard InChI is InChI=1S/C19H25FN4O/c1-3-6-13(2)23-19(25)14-7-5-10-24(11-14)18-15-8-4-9-16(20)17(15)21-12-22-18/h4,8-9,12-14H,3,5-7,10-11H2,1-2H3,(H,23,25). The smallest absolute Gasteiger partial charge is 0.225 e. The summed E-state index contributed by atoms with van der Waals surface area (Å²) < 4.78 is 14.0. The second kappa shape index (κ2) is 7.76. The number of fused-ring (bicyclic) bond motifs is 1. The largest absolute Gasteiger partial charge is 0.355 e. The van der Waals surface area contributed by atoms with Gasteiger partial charge in [0.05, 0.1) is 5.92 Å². The number of amides is 1. The number of nitrogens with zero attached hydrogens (tertiary/aromatic N) is 3. The summed E-state index contributed by atoms with van der Waals surface area (Å²) in [5, 5.41) is 3.81. The molecule has 1 amide bonds. The number of nitrogens with one attached hydrogen (secondary N) is 1. The summed E-state index contributed by atoms with van der Waals surface area (Å²) >= 11 is 0. The third-order valence-corrected chi connectivity index (χ3v) is 4.80. The molecule has 0 saturated carbocycles. The van der Waals surface area contributed by atoms with E-state index >= 15 is 0 Å². The molecular weight excluding hydrogens is 319 g/mol. The Morgan fingerprint density at radius 3 is 3.08 bits per heavy atom. The van der Waals surface area contributed by atoms with Gasteiger partial charge in [0.25, 0.3) is 0 Å². The molecule has 2 unspecified atom stereocenters. The van der Waals surface area contributed by atoms with Crippen LogP contribution in [-0.2, 0) is 4.79 Å². The van der Waals surface area contributed by atoms with Gasteiger partial charge in [-0.05, 0) is 38.3 Å². The molecule has 2 atom stereocenters. The highest BCUT2D eigenvalue weighted by Gasteiger charge is 2.28. The van der Waals surface area contributed by atoms with Crippen LogP contribution < -0.4 is 10.2 Å². The number of halogens is 1. The first-order valence-corrected chi connectivity index (χ1v) is 9.04. The number of aromatic nitrogens is 2. The maximum Gasteiger partial charge on any atom is 0.225 e. The van der Waals surface area contributed by atoms with E-state index in [1.165, 1.54) is 12.4 Å². The Morgan fingerprint density at radius 2 is 2.28 bits per heavy atom. The Labute approximate surface area is 147 Å². The van der Waals surface area contributed by atoms with E-state index in [0.29, 0.717) is 23.3 Å². The van der Waals surface area contributed by atoms with Gasteiger partial charge in [-0.3, -0.25) is 4.79 Å². The van der Waals surface area contributed by atoms with Crippen molar-refractivity contribution in [1.29, 1.82) is 0 Å². The minimum absolute atomic E-state index is 0.0633. The average molecular weight is 344 g/mol. The lowest BCUT2D eigenvalue weighted by Gasteiger charge is -2.33. The summed E-state index contributed by atoms with van der Waals surface area (Å²) in [7, 11) is 0. The van der Waals surface area contributed by atoms with E-state index in [1.54, 1.807) is 6.07 Å². The maximum absolute atomic E-state index is 14.0.